The van der Waals surface area contributed by atoms with E-state index in [2.05, 4.69) is 25.3 Å². The molecule has 2 heteroatoms. The number of likely N-dealkylation sites (tertiary alicyclic amines) is 1. The molecule has 2 aliphatic carbocycles. The lowest BCUT2D eigenvalue weighted by Gasteiger charge is -2.31. The van der Waals surface area contributed by atoms with E-state index in [1.165, 1.54) is 44.3 Å². The zero-order valence-corrected chi connectivity index (χ0v) is 11.2. The lowest BCUT2D eigenvalue weighted by Crippen LogP contribution is -2.39. The quantitative estimate of drug-likeness (QED) is 0.679. The first-order valence-corrected chi connectivity index (χ1v) is 7.11. The standard InChI is InChI=1S/C15H25NO/c1-11(2)17-10-15(4-5-15)9-16-8-13-7-14(16)6-12(13)3/h11,13-14H,3-10H2,1-2H3. The van der Waals surface area contributed by atoms with Crippen molar-refractivity contribution in [1.82, 2.24) is 4.90 Å². The average Bonchev–Trinajstić information content (AvgIpc) is 2.79. The fourth-order valence-corrected chi connectivity index (χ4v) is 3.45. The molecule has 0 spiro atoms. The van der Waals surface area contributed by atoms with Crippen molar-refractivity contribution in [3.63, 3.8) is 0 Å². The molecule has 3 rings (SSSR count). The van der Waals surface area contributed by atoms with E-state index in [-0.39, 0.29) is 0 Å². The van der Waals surface area contributed by atoms with Crippen LogP contribution in [0.5, 0.6) is 0 Å². The van der Waals surface area contributed by atoms with Gasteiger partial charge in [-0.15, -0.1) is 0 Å². The summed E-state index contributed by atoms with van der Waals surface area (Å²) in [6.07, 6.45) is 5.75. The summed E-state index contributed by atoms with van der Waals surface area (Å²) in [4.78, 5) is 2.72. The molecule has 3 aliphatic rings. The minimum Gasteiger partial charge on any atom is -0.378 e. The molecule has 1 heterocycles. The predicted octanol–water partition coefficient (Wildman–Crippen LogP) is 2.84. The minimum atomic E-state index is 0.377. The first kappa shape index (κ1) is 11.7. The molecule has 3 fully saturated rings. The predicted molar refractivity (Wildman–Crippen MR) is 70.0 cm³/mol. The normalized spacial score (nSPS) is 34.9. The molecule has 0 amide bonds. The highest BCUT2D eigenvalue weighted by molar-refractivity contribution is 5.17. The van der Waals surface area contributed by atoms with Crippen LogP contribution in [0.3, 0.4) is 0 Å². The van der Waals surface area contributed by atoms with Crippen molar-refractivity contribution in [3.05, 3.63) is 12.2 Å². The van der Waals surface area contributed by atoms with E-state index >= 15 is 0 Å². The van der Waals surface area contributed by atoms with Gasteiger partial charge in [0.2, 0.25) is 0 Å². The number of hydrogen-bond donors (Lipinski definition) is 0. The maximum atomic E-state index is 5.84. The Morgan fingerprint density at radius 2 is 2.24 bits per heavy atom. The van der Waals surface area contributed by atoms with Crippen molar-refractivity contribution < 1.29 is 4.74 Å². The number of nitrogens with zero attached hydrogens (tertiary/aromatic N) is 1. The first-order valence-electron chi connectivity index (χ1n) is 7.11. The molecule has 2 unspecified atom stereocenters. The van der Waals surface area contributed by atoms with E-state index in [0.717, 1.165) is 18.6 Å². The molecule has 2 bridgehead atoms. The smallest absolute Gasteiger partial charge is 0.0538 e. The van der Waals surface area contributed by atoms with Gasteiger partial charge in [-0.1, -0.05) is 12.2 Å². The molecule has 2 nitrogen and oxygen atoms in total. The Morgan fingerprint density at radius 3 is 2.71 bits per heavy atom. The van der Waals surface area contributed by atoms with Crippen molar-refractivity contribution in [1.29, 1.82) is 0 Å². The Hall–Kier alpha value is -0.340. The number of hydrogen-bond acceptors (Lipinski definition) is 2. The SMILES string of the molecule is C=C1CC2CC1CN2CC1(COC(C)C)CC1. The molecule has 2 saturated carbocycles. The molecule has 0 aromatic heterocycles. The van der Waals surface area contributed by atoms with Crippen molar-refractivity contribution in [2.45, 2.75) is 51.7 Å². The summed E-state index contributed by atoms with van der Waals surface area (Å²) in [5, 5.41) is 0. The number of piperidine rings is 1. The fourth-order valence-electron chi connectivity index (χ4n) is 3.45. The van der Waals surface area contributed by atoms with Gasteiger partial charge in [0.05, 0.1) is 12.7 Å². The molecule has 2 atom stereocenters. The zero-order chi connectivity index (χ0) is 12.0. The Morgan fingerprint density at radius 1 is 1.47 bits per heavy atom. The van der Waals surface area contributed by atoms with Gasteiger partial charge in [0.15, 0.2) is 0 Å². The van der Waals surface area contributed by atoms with Crippen LogP contribution in [0.15, 0.2) is 12.2 Å². The van der Waals surface area contributed by atoms with Crippen molar-refractivity contribution in [3.8, 4) is 0 Å². The third-order valence-electron chi connectivity index (χ3n) is 4.82. The van der Waals surface area contributed by atoms with Crippen LogP contribution in [0.2, 0.25) is 0 Å². The van der Waals surface area contributed by atoms with E-state index < -0.39 is 0 Å². The Balaban J connectivity index is 1.53. The first-order chi connectivity index (χ1) is 8.08. The summed E-state index contributed by atoms with van der Waals surface area (Å²) in [6, 6.07) is 0.809. The molecule has 0 aromatic carbocycles. The third-order valence-corrected chi connectivity index (χ3v) is 4.82. The fraction of sp³-hybridized carbons (Fsp3) is 0.867. The molecule has 0 radical (unpaired) electrons. The van der Waals surface area contributed by atoms with Gasteiger partial charge in [-0.05, 0) is 45.4 Å². The van der Waals surface area contributed by atoms with Gasteiger partial charge in [0.1, 0.15) is 0 Å². The average molecular weight is 235 g/mol. The summed E-state index contributed by atoms with van der Waals surface area (Å²) < 4.78 is 5.84. The minimum absolute atomic E-state index is 0.377. The molecule has 17 heavy (non-hydrogen) atoms. The van der Waals surface area contributed by atoms with Gasteiger partial charge in [0.25, 0.3) is 0 Å². The maximum absolute atomic E-state index is 5.84. The van der Waals surface area contributed by atoms with Crippen LogP contribution in [0.25, 0.3) is 0 Å². The van der Waals surface area contributed by atoms with Crippen LogP contribution >= 0.6 is 0 Å². The second-order valence-corrected chi connectivity index (χ2v) is 6.74. The van der Waals surface area contributed by atoms with E-state index in [1.807, 2.05) is 0 Å². The van der Waals surface area contributed by atoms with Gasteiger partial charge in [-0.2, -0.15) is 0 Å². The summed E-state index contributed by atoms with van der Waals surface area (Å²) in [5.74, 6) is 0.807. The molecule has 0 aromatic rings. The molecule has 0 N–H and O–H groups in total. The lowest BCUT2D eigenvalue weighted by atomic mass is 10.0. The van der Waals surface area contributed by atoms with E-state index in [0.29, 0.717) is 11.5 Å². The van der Waals surface area contributed by atoms with E-state index in [1.54, 1.807) is 0 Å². The largest absolute Gasteiger partial charge is 0.378 e. The van der Waals surface area contributed by atoms with Gasteiger partial charge in [0, 0.05) is 24.5 Å². The van der Waals surface area contributed by atoms with Crippen LogP contribution in [-0.4, -0.2) is 36.7 Å². The number of fused-ring (bicyclic) bond motifs is 2. The molecule has 96 valence electrons. The second kappa shape index (κ2) is 4.10. The second-order valence-electron chi connectivity index (χ2n) is 6.74. The van der Waals surface area contributed by atoms with Gasteiger partial charge < -0.3 is 4.74 Å². The van der Waals surface area contributed by atoms with Gasteiger partial charge in [-0.25, -0.2) is 0 Å². The maximum Gasteiger partial charge on any atom is 0.0538 e. The van der Waals surface area contributed by atoms with Crippen LogP contribution in [-0.2, 0) is 4.74 Å². The van der Waals surface area contributed by atoms with E-state index in [4.69, 9.17) is 4.74 Å². The highest BCUT2D eigenvalue weighted by Gasteiger charge is 2.49. The third kappa shape index (κ3) is 2.30. The van der Waals surface area contributed by atoms with Crippen molar-refractivity contribution in [2.24, 2.45) is 11.3 Å². The summed E-state index contributed by atoms with van der Waals surface area (Å²) in [5.41, 5.74) is 2.02. The van der Waals surface area contributed by atoms with Crippen LogP contribution in [0.1, 0.15) is 39.5 Å². The molecule has 1 saturated heterocycles. The van der Waals surface area contributed by atoms with E-state index in [9.17, 15) is 0 Å². The molecule has 1 aliphatic heterocycles. The number of ether oxygens (including phenoxy) is 1. The Bertz CT molecular complexity index is 319. The van der Waals surface area contributed by atoms with Crippen molar-refractivity contribution >= 4 is 0 Å². The Kier molecular flexibility index (Phi) is 2.83. The van der Waals surface area contributed by atoms with Gasteiger partial charge >= 0.3 is 0 Å². The Labute approximate surface area is 105 Å². The highest BCUT2D eigenvalue weighted by Crippen LogP contribution is 2.50. The monoisotopic (exact) mass is 235 g/mol. The summed E-state index contributed by atoms with van der Waals surface area (Å²) in [6.45, 7) is 12.0. The summed E-state index contributed by atoms with van der Waals surface area (Å²) >= 11 is 0. The molecular weight excluding hydrogens is 210 g/mol. The van der Waals surface area contributed by atoms with Crippen LogP contribution < -0.4 is 0 Å². The zero-order valence-electron chi connectivity index (χ0n) is 11.2. The van der Waals surface area contributed by atoms with Crippen LogP contribution in [0.4, 0.5) is 0 Å². The van der Waals surface area contributed by atoms with Gasteiger partial charge in [-0.3, -0.25) is 4.90 Å². The molecular formula is C15H25NO. The van der Waals surface area contributed by atoms with Crippen LogP contribution in [0, 0.1) is 11.3 Å². The van der Waals surface area contributed by atoms with Crippen molar-refractivity contribution in [2.75, 3.05) is 19.7 Å². The lowest BCUT2D eigenvalue weighted by molar-refractivity contribution is 0.0283. The summed E-state index contributed by atoms with van der Waals surface area (Å²) in [7, 11) is 0. The topological polar surface area (TPSA) is 12.5 Å². The number of rotatable bonds is 5. The highest BCUT2D eigenvalue weighted by atomic mass is 16.5.